The van der Waals surface area contributed by atoms with E-state index in [4.69, 9.17) is 16.3 Å². The highest BCUT2D eigenvalue weighted by Crippen LogP contribution is 2.25. The van der Waals surface area contributed by atoms with Crippen molar-refractivity contribution in [2.75, 3.05) is 13.2 Å². The first-order valence-electron chi connectivity index (χ1n) is 10.6. The van der Waals surface area contributed by atoms with Crippen LogP contribution in [0.25, 0.3) is 0 Å². The Hall–Kier alpha value is -3.31. The fourth-order valence-electron chi connectivity index (χ4n) is 3.31. The van der Waals surface area contributed by atoms with Crippen molar-refractivity contribution in [1.82, 2.24) is 10.2 Å². The van der Waals surface area contributed by atoms with Crippen LogP contribution >= 0.6 is 11.6 Å². The molecule has 3 rings (SSSR count). The van der Waals surface area contributed by atoms with Crippen molar-refractivity contribution in [3.8, 4) is 5.75 Å². The summed E-state index contributed by atoms with van der Waals surface area (Å²) in [5.74, 6) is 0.0865. The van der Waals surface area contributed by atoms with Crippen LogP contribution in [0, 0.1) is 0 Å². The van der Waals surface area contributed by atoms with Crippen molar-refractivity contribution in [3.05, 3.63) is 101 Å². The van der Waals surface area contributed by atoms with Gasteiger partial charge < -0.3 is 15.0 Å². The van der Waals surface area contributed by atoms with E-state index >= 15 is 0 Å². The fraction of sp³-hybridized carbons (Fsp3) is 0.231. The number of nitrogens with zero attached hydrogens (tertiary/aromatic N) is 1. The number of hydrogen-bond donors (Lipinski definition) is 1. The van der Waals surface area contributed by atoms with Gasteiger partial charge in [0.15, 0.2) is 6.61 Å². The van der Waals surface area contributed by atoms with Crippen LogP contribution in [0.1, 0.15) is 30.5 Å². The van der Waals surface area contributed by atoms with E-state index in [1.165, 1.54) is 0 Å². The summed E-state index contributed by atoms with van der Waals surface area (Å²) >= 11 is 6.03. The molecule has 0 bridgehead atoms. The van der Waals surface area contributed by atoms with E-state index in [0.29, 0.717) is 17.3 Å². The lowest BCUT2D eigenvalue weighted by Gasteiger charge is -2.31. The maximum Gasteiger partial charge on any atom is 0.261 e. The number of para-hydroxylation sites is 1. The van der Waals surface area contributed by atoms with E-state index in [1.807, 2.05) is 67.6 Å². The normalized spacial score (nSPS) is 11.4. The quantitative estimate of drug-likeness (QED) is 0.472. The zero-order valence-corrected chi connectivity index (χ0v) is 18.8. The van der Waals surface area contributed by atoms with Gasteiger partial charge in [0, 0.05) is 18.1 Å². The molecule has 0 saturated carbocycles. The Bertz CT molecular complexity index is 995. The fourth-order valence-corrected chi connectivity index (χ4v) is 3.43. The Labute approximate surface area is 194 Å². The highest BCUT2D eigenvalue weighted by Gasteiger charge is 2.31. The predicted octanol–water partition coefficient (Wildman–Crippen LogP) is 5.02. The minimum Gasteiger partial charge on any atom is -0.484 e. The van der Waals surface area contributed by atoms with Crippen LogP contribution in [0.5, 0.6) is 5.75 Å². The van der Waals surface area contributed by atoms with Gasteiger partial charge in [-0.1, -0.05) is 79.2 Å². The van der Waals surface area contributed by atoms with Crippen LogP contribution in [0.4, 0.5) is 0 Å². The Morgan fingerprint density at radius 2 is 1.56 bits per heavy atom. The third kappa shape index (κ3) is 6.59. The molecule has 5 nitrogen and oxygen atoms in total. The summed E-state index contributed by atoms with van der Waals surface area (Å²) in [5, 5.41) is 3.55. The molecule has 2 amide bonds. The first kappa shape index (κ1) is 23.4. The lowest BCUT2D eigenvalue weighted by molar-refractivity contribution is -0.143. The number of carbonyl (C=O) groups excluding carboxylic acids is 2. The van der Waals surface area contributed by atoms with Crippen molar-refractivity contribution in [2.45, 2.75) is 25.9 Å². The van der Waals surface area contributed by atoms with Crippen molar-refractivity contribution in [3.63, 3.8) is 0 Å². The van der Waals surface area contributed by atoms with Crippen LogP contribution in [-0.4, -0.2) is 29.9 Å². The third-order valence-corrected chi connectivity index (χ3v) is 5.17. The van der Waals surface area contributed by atoms with Crippen LogP contribution in [-0.2, 0) is 16.1 Å². The third-order valence-electron chi connectivity index (χ3n) is 4.92. The molecule has 0 heterocycles. The second kappa shape index (κ2) is 11.9. The minimum atomic E-state index is -0.787. The Morgan fingerprint density at radius 3 is 2.19 bits per heavy atom. The molecule has 0 aliphatic carbocycles. The summed E-state index contributed by atoms with van der Waals surface area (Å²) < 4.78 is 5.71. The number of nitrogens with one attached hydrogen (secondary N) is 1. The van der Waals surface area contributed by atoms with Gasteiger partial charge >= 0.3 is 0 Å². The lowest BCUT2D eigenvalue weighted by atomic mass is 10.0. The molecular weight excluding hydrogens is 424 g/mol. The topological polar surface area (TPSA) is 58.6 Å². The molecule has 0 fully saturated rings. The summed E-state index contributed by atoms with van der Waals surface area (Å²) in [6, 6.07) is 24.9. The molecule has 0 spiro atoms. The standard InChI is InChI=1S/C26H27ClN2O3/c1-2-17-28-26(31)25(21-9-5-3-6-10-21)29(18-20-13-15-22(27)16-14-20)24(30)19-32-23-11-7-4-8-12-23/h3-16,25H,2,17-19H2,1H3,(H,28,31)/t25-/m1/s1. The van der Waals surface area contributed by atoms with Gasteiger partial charge in [-0.15, -0.1) is 0 Å². The van der Waals surface area contributed by atoms with Gasteiger partial charge in [-0.05, 0) is 41.8 Å². The average Bonchev–Trinajstić information content (AvgIpc) is 2.83. The number of hydrogen-bond acceptors (Lipinski definition) is 3. The molecule has 1 N–H and O–H groups in total. The number of halogens is 1. The molecule has 32 heavy (non-hydrogen) atoms. The molecule has 0 radical (unpaired) electrons. The Kier molecular flexibility index (Phi) is 8.70. The molecule has 0 aliphatic heterocycles. The number of benzene rings is 3. The number of amides is 2. The molecule has 3 aromatic carbocycles. The Balaban J connectivity index is 1.91. The first-order chi connectivity index (χ1) is 15.6. The zero-order chi connectivity index (χ0) is 22.8. The van der Waals surface area contributed by atoms with Crippen molar-refractivity contribution in [2.24, 2.45) is 0 Å². The van der Waals surface area contributed by atoms with Crippen molar-refractivity contribution < 1.29 is 14.3 Å². The minimum absolute atomic E-state index is 0.179. The van der Waals surface area contributed by atoms with Gasteiger partial charge in [-0.25, -0.2) is 0 Å². The van der Waals surface area contributed by atoms with Crippen LogP contribution in [0.2, 0.25) is 5.02 Å². The summed E-state index contributed by atoms with van der Waals surface area (Å²) in [6.07, 6.45) is 0.801. The van der Waals surface area contributed by atoms with E-state index in [1.54, 1.807) is 29.2 Å². The van der Waals surface area contributed by atoms with Crippen LogP contribution in [0.15, 0.2) is 84.9 Å². The number of ether oxygens (including phenoxy) is 1. The van der Waals surface area contributed by atoms with E-state index in [9.17, 15) is 9.59 Å². The summed E-state index contributed by atoms with van der Waals surface area (Å²) in [4.78, 5) is 28.1. The highest BCUT2D eigenvalue weighted by molar-refractivity contribution is 6.30. The van der Waals surface area contributed by atoms with Crippen LogP contribution < -0.4 is 10.1 Å². The maximum absolute atomic E-state index is 13.4. The second-order valence-electron chi connectivity index (χ2n) is 7.35. The summed E-state index contributed by atoms with van der Waals surface area (Å²) in [6.45, 7) is 2.59. The van der Waals surface area contributed by atoms with E-state index < -0.39 is 6.04 Å². The monoisotopic (exact) mass is 450 g/mol. The van der Waals surface area contributed by atoms with Gasteiger partial charge in [-0.3, -0.25) is 9.59 Å². The highest BCUT2D eigenvalue weighted by atomic mass is 35.5. The Morgan fingerprint density at radius 1 is 0.938 bits per heavy atom. The number of rotatable bonds is 10. The molecule has 0 saturated heterocycles. The molecule has 166 valence electrons. The van der Waals surface area contributed by atoms with Gasteiger partial charge in [0.25, 0.3) is 5.91 Å². The van der Waals surface area contributed by atoms with E-state index in [2.05, 4.69) is 5.32 Å². The molecule has 3 aromatic rings. The molecule has 6 heteroatoms. The smallest absolute Gasteiger partial charge is 0.261 e. The molecule has 0 unspecified atom stereocenters. The van der Waals surface area contributed by atoms with Gasteiger partial charge in [0.2, 0.25) is 5.91 Å². The summed E-state index contributed by atoms with van der Waals surface area (Å²) in [7, 11) is 0. The van der Waals surface area contributed by atoms with Gasteiger partial charge in [-0.2, -0.15) is 0 Å². The van der Waals surface area contributed by atoms with E-state index in [-0.39, 0.29) is 25.0 Å². The SMILES string of the molecule is CCCNC(=O)[C@@H](c1ccccc1)N(Cc1ccc(Cl)cc1)C(=O)COc1ccccc1. The summed E-state index contributed by atoms with van der Waals surface area (Å²) in [5.41, 5.74) is 1.61. The average molecular weight is 451 g/mol. The largest absolute Gasteiger partial charge is 0.484 e. The van der Waals surface area contributed by atoms with Crippen molar-refractivity contribution in [1.29, 1.82) is 0 Å². The molecule has 0 aliphatic rings. The predicted molar refractivity (Wildman–Crippen MR) is 126 cm³/mol. The van der Waals surface area contributed by atoms with Crippen molar-refractivity contribution >= 4 is 23.4 Å². The lowest BCUT2D eigenvalue weighted by Crippen LogP contribution is -2.45. The van der Waals surface area contributed by atoms with E-state index in [0.717, 1.165) is 17.5 Å². The van der Waals surface area contributed by atoms with Gasteiger partial charge in [0.1, 0.15) is 11.8 Å². The maximum atomic E-state index is 13.4. The molecule has 0 aromatic heterocycles. The first-order valence-corrected chi connectivity index (χ1v) is 11.0. The zero-order valence-electron chi connectivity index (χ0n) is 18.0. The van der Waals surface area contributed by atoms with Crippen LogP contribution in [0.3, 0.4) is 0 Å². The number of carbonyl (C=O) groups is 2. The second-order valence-corrected chi connectivity index (χ2v) is 7.79. The molecule has 1 atom stereocenters. The van der Waals surface area contributed by atoms with Gasteiger partial charge in [0.05, 0.1) is 0 Å². The molecular formula is C26H27ClN2O3.